The molecule has 0 saturated carbocycles. The van der Waals surface area contributed by atoms with E-state index in [9.17, 15) is 19.2 Å². The van der Waals surface area contributed by atoms with E-state index in [1.54, 1.807) is 0 Å². The Morgan fingerprint density at radius 1 is 1.40 bits per heavy atom. The number of nitrogens with one attached hydrogen (secondary N) is 3. The molecule has 0 spiro atoms. The molecule has 1 unspecified atom stereocenters. The zero-order valence-corrected chi connectivity index (χ0v) is 14.5. The lowest BCUT2D eigenvalue weighted by Crippen LogP contribution is -2.43. The van der Waals surface area contributed by atoms with Crippen LogP contribution in [0, 0.1) is 0 Å². The topological polar surface area (TPSA) is 167 Å². The maximum Gasteiger partial charge on any atom is 0.322 e. The third kappa shape index (κ3) is 7.81. The molecule has 0 aromatic carbocycles. The number of thioether (sulfide) groups is 1. The van der Waals surface area contributed by atoms with Crippen molar-refractivity contribution in [1.29, 1.82) is 0 Å². The van der Waals surface area contributed by atoms with E-state index in [0.29, 0.717) is 5.69 Å². The van der Waals surface area contributed by atoms with Crippen LogP contribution in [-0.4, -0.2) is 62.4 Å². The van der Waals surface area contributed by atoms with Gasteiger partial charge in [0, 0.05) is 31.3 Å². The molecule has 2 amide bonds. The number of H-pyrrole nitrogens is 1. The smallest absolute Gasteiger partial charge is 0.322 e. The highest BCUT2D eigenvalue weighted by molar-refractivity contribution is 8.14. The van der Waals surface area contributed by atoms with Gasteiger partial charge in [-0.2, -0.15) is 0 Å². The van der Waals surface area contributed by atoms with Crippen LogP contribution in [0.4, 0.5) is 0 Å². The number of carbonyl (C=O) groups excluding carboxylic acids is 3. The number of hydrogen-bond donors (Lipinski definition) is 5. The number of carbonyl (C=O) groups is 4. The van der Waals surface area contributed by atoms with Crippen LogP contribution in [-0.2, 0) is 25.6 Å². The number of aromatic nitrogens is 2. The normalized spacial score (nSPS) is 12.9. The van der Waals surface area contributed by atoms with Crippen LogP contribution in [0.3, 0.4) is 0 Å². The monoisotopic (exact) mass is 371 g/mol. The summed E-state index contributed by atoms with van der Waals surface area (Å²) >= 11 is 0.725. The SMILES string of the molecule is CC(SC(=O)[C@H](Cc1cnc[nH]1)NC(=O)CCN)C(=O)NCC(=O)O. The summed E-state index contributed by atoms with van der Waals surface area (Å²) in [5.41, 5.74) is 5.98. The minimum atomic E-state index is -1.18. The predicted molar refractivity (Wildman–Crippen MR) is 90.6 cm³/mol. The molecule has 2 atom stereocenters. The van der Waals surface area contributed by atoms with Crippen LogP contribution in [0.1, 0.15) is 19.0 Å². The summed E-state index contributed by atoms with van der Waals surface area (Å²) in [6.45, 7) is 1.11. The van der Waals surface area contributed by atoms with E-state index >= 15 is 0 Å². The number of imidazole rings is 1. The zero-order chi connectivity index (χ0) is 18.8. The third-order valence-corrected chi connectivity index (χ3v) is 4.13. The highest BCUT2D eigenvalue weighted by Gasteiger charge is 2.26. The van der Waals surface area contributed by atoms with Crippen LogP contribution in [0.2, 0.25) is 0 Å². The molecule has 0 aliphatic heterocycles. The number of amides is 2. The lowest BCUT2D eigenvalue weighted by molar-refractivity contribution is -0.137. The molecule has 1 aromatic heterocycles. The quantitative estimate of drug-likeness (QED) is 0.336. The maximum atomic E-state index is 12.4. The van der Waals surface area contributed by atoms with Crippen LogP contribution < -0.4 is 16.4 Å². The van der Waals surface area contributed by atoms with E-state index in [4.69, 9.17) is 10.8 Å². The van der Waals surface area contributed by atoms with E-state index in [2.05, 4.69) is 20.6 Å². The van der Waals surface area contributed by atoms with Crippen molar-refractivity contribution >= 4 is 34.7 Å². The van der Waals surface area contributed by atoms with Crippen molar-refractivity contribution in [2.45, 2.75) is 31.1 Å². The summed E-state index contributed by atoms with van der Waals surface area (Å²) in [5, 5.41) is 12.1. The minimum Gasteiger partial charge on any atom is -0.480 e. The van der Waals surface area contributed by atoms with Crippen molar-refractivity contribution in [3.8, 4) is 0 Å². The lowest BCUT2D eigenvalue weighted by Gasteiger charge is -2.18. The summed E-state index contributed by atoms with van der Waals surface area (Å²) < 4.78 is 0. The van der Waals surface area contributed by atoms with E-state index in [1.807, 2.05) is 0 Å². The Balaban J connectivity index is 2.68. The molecule has 25 heavy (non-hydrogen) atoms. The van der Waals surface area contributed by atoms with Crippen molar-refractivity contribution in [1.82, 2.24) is 20.6 Å². The number of nitrogens with two attached hydrogens (primary N) is 1. The highest BCUT2D eigenvalue weighted by Crippen LogP contribution is 2.16. The fourth-order valence-electron chi connectivity index (χ4n) is 1.82. The van der Waals surface area contributed by atoms with E-state index < -0.39 is 34.8 Å². The van der Waals surface area contributed by atoms with Gasteiger partial charge in [0.25, 0.3) is 0 Å². The molecule has 138 valence electrons. The first-order valence-electron chi connectivity index (χ1n) is 7.50. The summed E-state index contributed by atoms with van der Waals surface area (Å²) in [7, 11) is 0. The van der Waals surface area contributed by atoms with Gasteiger partial charge in [-0.25, -0.2) is 4.98 Å². The van der Waals surface area contributed by atoms with Crippen LogP contribution in [0.25, 0.3) is 0 Å². The van der Waals surface area contributed by atoms with Crippen molar-refractivity contribution in [3.05, 3.63) is 18.2 Å². The highest BCUT2D eigenvalue weighted by atomic mass is 32.2. The Bertz CT molecular complexity index is 607. The van der Waals surface area contributed by atoms with Gasteiger partial charge in [0.15, 0.2) is 0 Å². The summed E-state index contributed by atoms with van der Waals surface area (Å²) in [4.78, 5) is 53.1. The summed E-state index contributed by atoms with van der Waals surface area (Å²) in [6, 6.07) is -0.862. The van der Waals surface area contributed by atoms with Gasteiger partial charge in [0.05, 0.1) is 11.6 Å². The Hall–Kier alpha value is -2.40. The Labute approximate surface area is 148 Å². The van der Waals surface area contributed by atoms with Gasteiger partial charge in [0.1, 0.15) is 12.6 Å². The maximum absolute atomic E-state index is 12.4. The first kappa shape index (κ1) is 20.6. The standard InChI is InChI=1S/C14H21N5O5S/c1-8(13(23)17-6-12(21)22)25-14(24)10(19-11(20)2-3-15)4-9-5-16-7-18-9/h5,7-8,10H,2-4,6,15H2,1H3,(H,16,18)(H,17,23)(H,19,20)(H,21,22)/t8?,10-/m0/s1. The van der Waals surface area contributed by atoms with E-state index in [0.717, 1.165) is 11.8 Å². The molecule has 0 aliphatic carbocycles. The summed E-state index contributed by atoms with van der Waals surface area (Å²) in [5.74, 6) is -2.12. The molecule has 0 radical (unpaired) electrons. The van der Waals surface area contributed by atoms with Gasteiger partial charge in [-0.1, -0.05) is 11.8 Å². The van der Waals surface area contributed by atoms with Gasteiger partial charge < -0.3 is 26.5 Å². The summed E-state index contributed by atoms with van der Waals surface area (Å²) in [6.07, 6.45) is 3.24. The molecular weight excluding hydrogens is 350 g/mol. The number of hydrogen-bond acceptors (Lipinski definition) is 7. The number of aliphatic carboxylic acids is 1. The number of rotatable bonds is 10. The molecule has 0 saturated heterocycles. The number of carboxylic acid groups (broad SMARTS) is 1. The van der Waals surface area contributed by atoms with Gasteiger partial charge >= 0.3 is 5.97 Å². The molecule has 0 bridgehead atoms. The molecule has 1 heterocycles. The number of aromatic amines is 1. The largest absolute Gasteiger partial charge is 0.480 e. The minimum absolute atomic E-state index is 0.0755. The van der Waals surface area contributed by atoms with Crippen LogP contribution in [0.5, 0.6) is 0 Å². The molecule has 0 fully saturated rings. The average molecular weight is 371 g/mol. The fourth-order valence-corrected chi connectivity index (χ4v) is 2.67. The van der Waals surface area contributed by atoms with E-state index in [-0.39, 0.29) is 25.3 Å². The van der Waals surface area contributed by atoms with Crippen LogP contribution in [0.15, 0.2) is 12.5 Å². The van der Waals surface area contributed by atoms with Gasteiger partial charge in [-0.15, -0.1) is 0 Å². The van der Waals surface area contributed by atoms with Crippen molar-refractivity contribution in [2.75, 3.05) is 13.1 Å². The molecule has 10 nitrogen and oxygen atoms in total. The first-order valence-corrected chi connectivity index (χ1v) is 8.38. The van der Waals surface area contributed by atoms with Gasteiger partial charge in [-0.3, -0.25) is 19.2 Å². The number of carboxylic acids is 1. The molecule has 1 aromatic rings. The second-order valence-electron chi connectivity index (χ2n) is 5.13. The second kappa shape index (κ2) is 10.5. The molecule has 11 heteroatoms. The van der Waals surface area contributed by atoms with Crippen molar-refractivity contribution < 1.29 is 24.3 Å². The Morgan fingerprint density at radius 3 is 2.68 bits per heavy atom. The molecule has 1 rings (SSSR count). The average Bonchev–Trinajstić information content (AvgIpc) is 3.05. The Kier molecular flexibility index (Phi) is 8.64. The zero-order valence-electron chi connectivity index (χ0n) is 13.7. The van der Waals surface area contributed by atoms with E-state index in [1.165, 1.54) is 19.4 Å². The molecular formula is C14H21N5O5S. The Morgan fingerprint density at radius 2 is 2.12 bits per heavy atom. The second-order valence-corrected chi connectivity index (χ2v) is 6.48. The third-order valence-electron chi connectivity index (χ3n) is 3.05. The lowest BCUT2D eigenvalue weighted by atomic mass is 10.2. The number of nitrogens with zero attached hydrogens (tertiary/aromatic N) is 1. The first-order chi connectivity index (χ1) is 11.8. The molecule has 6 N–H and O–H groups in total. The van der Waals surface area contributed by atoms with Crippen molar-refractivity contribution in [2.24, 2.45) is 5.73 Å². The predicted octanol–water partition coefficient (Wildman–Crippen LogP) is -1.37. The van der Waals surface area contributed by atoms with Crippen molar-refractivity contribution in [3.63, 3.8) is 0 Å². The van der Waals surface area contributed by atoms with Gasteiger partial charge in [-0.05, 0) is 6.92 Å². The van der Waals surface area contributed by atoms with Gasteiger partial charge in [0.2, 0.25) is 16.9 Å². The fraction of sp³-hybridized carbons (Fsp3) is 0.500. The van der Waals surface area contributed by atoms with Crippen LogP contribution >= 0.6 is 11.8 Å². The molecule has 0 aliphatic rings.